The molecule has 27 heavy (non-hydrogen) atoms. The minimum atomic E-state index is -3.76. The van der Waals surface area contributed by atoms with Gasteiger partial charge in [0, 0.05) is 23.7 Å². The average Bonchev–Trinajstić information content (AvgIpc) is 2.59. The molecular weight excluding hydrogens is 369 g/mol. The lowest BCUT2D eigenvalue weighted by molar-refractivity contribution is 0.0689. The van der Waals surface area contributed by atoms with Gasteiger partial charge < -0.3 is 9.08 Å². The number of halogens is 1. The third-order valence-corrected chi connectivity index (χ3v) is 5.62. The number of hydrogen-bond acceptors (Lipinski definition) is 4. The largest absolute Gasteiger partial charge is 0.382 e. The second kappa shape index (κ2) is 8.52. The van der Waals surface area contributed by atoms with Crippen molar-refractivity contribution in [3.63, 3.8) is 0 Å². The second-order valence-electron chi connectivity index (χ2n) is 6.77. The molecule has 0 fully saturated rings. The predicted molar refractivity (Wildman–Crippen MR) is 103 cm³/mol. The molecule has 0 heterocycles. The van der Waals surface area contributed by atoms with Gasteiger partial charge >= 0.3 is 10.1 Å². The number of carbonyl (C=O) groups excluding carboxylic acids is 1. The molecule has 7 heteroatoms. The summed E-state index contributed by atoms with van der Waals surface area (Å²) in [6.07, 6.45) is 0. The molecule has 0 saturated carbocycles. The number of rotatable bonds is 7. The van der Waals surface area contributed by atoms with Crippen LogP contribution in [-0.2, 0) is 16.7 Å². The zero-order valence-corrected chi connectivity index (χ0v) is 16.7. The summed E-state index contributed by atoms with van der Waals surface area (Å²) < 4.78 is 43.0. The molecule has 0 aliphatic rings. The number of amides is 1. The van der Waals surface area contributed by atoms with E-state index in [1.54, 1.807) is 35.2 Å². The van der Waals surface area contributed by atoms with Crippen molar-refractivity contribution in [2.75, 3.05) is 0 Å². The molecule has 146 valence electrons. The van der Waals surface area contributed by atoms with Crippen molar-refractivity contribution in [1.82, 2.24) is 4.90 Å². The normalized spacial score (nSPS) is 11.7. The number of carbonyl (C=O) groups is 1. The van der Waals surface area contributed by atoms with Gasteiger partial charge in [-0.05, 0) is 52.0 Å². The van der Waals surface area contributed by atoms with Gasteiger partial charge in [0.25, 0.3) is 5.91 Å². The Balaban J connectivity index is 2.34. The van der Waals surface area contributed by atoms with Crippen molar-refractivity contribution in [2.45, 2.75) is 45.5 Å². The zero-order chi connectivity index (χ0) is 20.2. The van der Waals surface area contributed by atoms with Crippen LogP contribution < -0.4 is 4.18 Å². The van der Waals surface area contributed by atoms with E-state index in [0.29, 0.717) is 5.56 Å². The molecule has 0 radical (unpaired) electrons. The zero-order valence-electron chi connectivity index (χ0n) is 15.8. The first kappa shape index (κ1) is 20.9. The summed E-state index contributed by atoms with van der Waals surface area (Å²) in [6.45, 7) is 6.88. The Hall–Kier alpha value is -2.41. The van der Waals surface area contributed by atoms with Gasteiger partial charge in [-0.2, -0.15) is 8.42 Å². The molecule has 0 aliphatic carbocycles. The fraction of sp³-hybridized carbons (Fsp3) is 0.350. The van der Waals surface area contributed by atoms with Crippen LogP contribution in [0.25, 0.3) is 0 Å². The van der Waals surface area contributed by atoms with Gasteiger partial charge in [0.1, 0.15) is 11.6 Å². The quantitative estimate of drug-likeness (QED) is 0.667. The second-order valence-corrected chi connectivity index (χ2v) is 8.86. The van der Waals surface area contributed by atoms with Crippen LogP contribution in [0, 0.1) is 5.82 Å². The molecular formula is C20H24FNO4S. The van der Waals surface area contributed by atoms with Crippen LogP contribution in [0.4, 0.5) is 4.39 Å². The number of nitrogens with zero attached hydrogens (tertiary/aromatic N) is 1. The van der Waals surface area contributed by atoms with Gasteiger partial charge in [-0.25, -0.2) is 4.39 Å². The molecule has 0 saturated heterocycles. The van der Waals surface area contributed by atoms with Crippen LogP contribution >= 0.6 is 0 Å². The van der Waals surface area contributed by atoms with Crippen molar-refractivity contribution in [3.05, 3.63) is 65.5 Å². The molecule has 0 bridgehead atoms. The Bertz CT molecular complexity index is 910. The topological polar surface area (TPSA) is 63.7 Å². The SMILES string of the molecule is CC(C)N(Cc1ccccc1OS(=O)(=O)C(C)C)C(=O)c1cccc(F)c1. The molecule has 0 aliphatic heterocycles. The van der Waals surface area contributed by atoms with Crippen molar-refractivity contribution < 1.29 is 21.8 Å². The number of hydrogen-bond donors (Lipinski definition) is 0. The van der Waals surface area contributed by atoms with Crippen LogP contribution in [0.1, 0.15) is 43.6 Å². The molecule has 2 aromatic carbocycles. The van der Waals surface area contributed by atoms with E-state index >= 15 is 0 Å². The first-order valence-corrected chi connectivity index (χ1v) is 10.2. The summed E-state index contributed by atoms with van der Waals surface area (Å²) in [4.78, 5) is 14.4. The van der Waals surface area contributed by atoms with Gasteiger partial charge in [0.05, 0.1) is 5.25 Å². The average molecular weight is 393 g/mol. The van der Waals surface area contributed by atoms with Crippen LogP contribution in [0.2, 0.25) is 0 Å². The molecule has 0 unspecified atom stereocenters. The van der Waals surface area contributed by atoms with E-state index in [0.717, 1.165) is 0 Å². The summed E-state index contributed by atoms with van der Waals surface area (Å²) >= 11 is 0. The van der Waals surface area contributed by atoms with E-state index in [2.05, 4.69) is 0 Å². The standard InChI is InChI=1S/C20H24FNO4S/c1-14(2)22(20(23)16-9-7-10-18(21)12-16)13-17-8-5-6-11-19(17)26-27(24,25)15(3)4/h5-12,14-15H,13H2,1-4H3. The van der Waals surface area contributed by atoms with E-state index in [9.17, 15) is 17.6 Å². The predicted octanol–water partition coefficient (Wildman–Crippen LogP) is 3.99. The Kier molecular flexibility index (Phi) is 6.59. The Morgan fingerprint density at radius 1 is 1.07 bits per heavy atom. The maximum atomic E-state index is 13.5. The highest BCUT2D eigenvalue weighted by atomic mass is 32.2. The summed E-state index contributed by atoms with van der Waals surface area (Å²) in [5.41, 5.74) is 0.789. The Morgan fingerprint density at radius 3 is 2.33 bits per heavy atom. The molecule has 0 atom stereocenters. The molecule has 1 amide bonds. The van der Waals surface area contributed by atoms with Crippen molar-refractivity contribution in [2.24, 2.45) is 0 Å². The third kappa shape index (κ3) is 5.29. The van der Waals surface area contributed by atoms with Gasteiger partial charge in [-0.1, -0.05) is 24.3 Å². The summed E-state index contributed by atoms with van der Waals surface area (Å²) in [5.74, 6) is -0.647. The van der Waals surface area contributed by atoms with Crippen molar-refractivity contribution >= 4 is 16.0 Å². The van der Waals surface area contributed by atoms with Crippen molar-refractivity contribution in [1.29, 1.82) is 0 Å². The number of para-hydroxylation sites is 1. The molecule has 0 spiro atoms. The van der Waals surface area contributed by atoms with Gasteiger partial charge in [0.15, 0.2) is 0 Å². The molecule has 2 aromatic rings. The van der Waals surface area contributed by atoms with E-state index in [1.165, 1.54) is 32.0 Å². The van der Waals surface area contributed by atoms with E-state index in [-0.39, 0.29) is 29.8 Å². The van der Waals surface area contributed by atoms with E-state index in [1.807, 2.05) is 13.8 Å². The summed E-state index contributed by atoms with van der Waals surface area (Å²) in [6, 6.07) is 12.0. The van der Waals surface area contributed by atoms with Crippen LogP contribution in [0.3, 0.4) is 0 Å². The lowest BCUT2D eigenvalue weighted by atomic mass is 10.1. The fourth-order valence-corrected chi connectivity index (χ4v) is 3.00. The Morgan fingerprint density at radius 2 is 1.74 bits per heavy atom. The van der Waals surface area contributed by atoms with Gasteiger partial charge in [0.2, 0.25) is 0 Å². The maximum Gasteiger partial charge on any atom is 0.311 e. The van der Waals surface area contributed by atoms with E-state index < -0.39 is 21.2 Å². The summed E-state index contributed by atoms with van der Waals surface area (Å²) in [7, 11) is -3.76. The third-order valence-electron chi connectivity index (χ3n) is 4.05. The summed E-state index contributed by atoms with van der Waals surface area (Å²) in [5, 5.41) is -0.694. The highest BCUT2D eigenvalue weighted by Gasteiger charge is 2.23. The highest BCUT2D eigenvalue weighted by Crippen LogP contribution is 2.24. The first-order valence-electron chi connectivity index (χ1n) is 8.69. The molecule has 0 aromatic heterocycles. The van der Waals surface area contributed by atoms with Crippen LogP contribution in [0.15, 0.2) is 48.5 Å². The van der Waals surface area contributed by atoms with Crippen LogP contribution in [-0.4, -0.2) is 30.5 Å². The first-order chi connectivity index (χ1) is 12.6. The van der Waals surface area contributed by atoms with Crippen molar-refractivity contribution in [3.8, 4) is 5.75 Å². The van der Waals surface area contributed by atoms with E-state index in [4.69, 9.17) is 4.18 Å². The molecule has 0 N–H and O–H groups in total. The minimum absolute atomic E-state index is 0.136. The van der Waals surface area contributed by atoms with Gasteiger partial charge in [-0.15, -0.1) is 0 Å². The maximum absolute atomic E-state index is 13.5. The lowest BCUT2D eigenvalue weighted by Crippen LogP contribution is -2.36. The van der Waals surface area contributed by atoms with Crippen LogP contribution in [0.5, 0.6) is 5.75 Å². The number of benzene rings is 2. The molecule has 5 nitrogen and oxygen atoms in total. The Labute approximate surface area is 159 Å². The monoisotopic (exact) mass is 393 g/mol. The minimum Gasteiger partial charge on any atom is -0.382 e. The lowest BCUT2D eigenvalue weighted by Gasteiger charge is -2.28. The molecule has 2 rings (SSSR count). The van der Waals surface area contributed by atoms with Gasteiger partial charge in [-0.3, -0.25) is 4.79 Å². The fourth-order valence-electron chi connectivity index (χ4n) is 2.40. The smallest absolute Gasteiger partial charge is 0.311 e. The highest BCUT2D eigenvalue weighted by molar-refractivity contribution is 7.87.